The van der Waals surface area contributed by atoms with Gasteiger partial charge in [0.2, 0.25) is 0 Å². The summed E-state index contributed by atoms with van der Waals surface area (Å²) in [5.74, 6) is -0.502. The van der Waals surface area contributed by atoms with Gasteiger partial charge in [-0.2, -0.15) is 0 Å². The minimum Gasteiger partial charge on any atom is -0.303 e. The highest BCUT2D eigenvalue weighted by Gasteiger charge is 2.09. The minimum absolute atomic E-state index is 0.345. The molecule has 0 aliphatic rings. The third kappa shape index (κ3) is 2.12. The molecule has 0 rings (SSSR count). The van der Waals surface area contributed by atoms with Gasteiger partial charge in [0, 0.05) is 0 Å². The lowest BCUT2D eigenvalue weighted by Crippen LogP contribution is -2.07. The predicted octanol–water partition coefficient (Wildman–Crippen LogP) is 0.668. The summed E-state index contributed by atoms with van der Waals surface area (Å²) in [7, 11) is 0. The van der Waals surface area contributed by atoms with Crippen LogP contribution in [0.15, 0.2) is 0 Å². The highest BCUT2D eigenvalue weighted by atomic mass is 32.1. The zero-order valence-electron chi connectivity index (χ0n) is 4.63. The summed E-state index contributed by atoms with van der Waals surface area (Å²) in [5, 5.41) is -0.345. The molecule has 0 aliphatic heterocycles. The molecule has 0 saturated carbocycles. The molecule has 0 amide bonds. The molecule has 0 aromatic rings. The van der Waals surface area contributed by atoms with Crippen molar-refractivity contribution >= 4 is 24.0 Å². The van der Waals surface area contributed by atoms with Gasteiger partial charge in [-0.25, -0.2) is 0 Å². The smallest absolute Gasteiger partial charge is 0.196 e. The molecule has 1 unspecified atom stereocenters. The standard InChI is InChI=1S/C5H8O2S/c1-2-4(3-6)5(7)8/h3-4H,2H2,1H3,(H,7,8). The van der Waals surface area contributed by atoms with E-state index in [2.05, 4.69) is 12.6 Å². The van der Waals surface area contributed by atoms with E-state index in [-0.39, 0.29) is 5.12 Å². The SMILES string of the molecule is CCC(C=O)C(=O)S. The lowest BCUT2D eigenvalue weighted by Gasteiger charge is -1.96. The van der Waals surface area contributed by atoms with Gasteiger partial charge in [0.25, 0.3) is 0 Å². The zero-order valence-corrected chi connectivity index (χ0v) is 5.52. The van der Waals surface area contributed by atoms with Gasteiger partial charge in [0.1, 0.15) is 6.29 Å². The summed E-state index contributed by atoms with van der Waals surface area (Å²) in [5.41, 5.74) is 0. The van der Waals surface area contributed by atoms with E-state index in [0.717, 1.165) is 0 Å². The summed E-state index contributed by atoms with van der Waals surface area (Å²) >= 11 is 3.48. The van der Waals surface area contributed by atoms with Gasteiger partial charge in [-0.3, -0.25) is 4.79 Å². The summed E-state index contributed by atoms with van der Waals surface area (Å²) < 4.78 is 0. The first-order valence-electron chi connectivity index (χ1n) is 2.40. The maximum Gasteiger partial charge on any atom is 0.196 e. The number of hydrogen-bond donors (Lipinski definition) is 1. The van der Waals surface area contributed by atoms with Gasteiger partial charge in [0.15, 0.2) is 5.12 Å². The third-order valence-corrected chi connectivity index (χ3v) is 1.25. The van der Waals surface area contributed by atoms with Crippen LogP contribution in [0.2, 0.25) is 0 Å². The minimum atomic E-state index is -0.502. The second-order valence-electron chi connectivity index (χ2n) is 1.49. The Hall–Kier alpha value is -0.310. The Morgan fingerprint density at radius 2 is 2.38 bits per heavy atom. The topological polar surface area (TPSA) is 34.1 Å². The average Bonchev–Trinajstić information content (AvgIpc) is 1.69. The fraction of sp³-hybridized carbons (Fsp3) is 0.600. The largest absolute Gasteiger partial charge is 0.303 e. The van der Waals surface area contributed by atoms with Crippen molar-refractivity contribution in [2.24, 2.45) is 5.92 Å². The normalized spacial score (nSPS) is 12.8. The van der Waals surface area contributed by atoms with Crippen molar-refractivity contribution in [3.63, 3.8) is 0 Å². The Labute approximate surface area is 53.7 Å². The van der Waals surface area contributed by atoms with Crippen LogP contribution in [-0.4, -0.2) is 11.4 Å². The molecule has 0 aromatic heterocycles. The highest BCUT2D eigenvalue weighted by Crippen LogP contribution is 2.01. The molecule has 46 valence electrons. The second-order valence-corrected chi connectivity index (χ2v) is 1.93. The molecule has 0 aliphatic carbocycles. The Morgan fingerprint density at radius 3 is 2.38 bits per heavy atom. The second kappa shape index (κ2) is 3.66. The fourth-order valence-corrected chi connectivity index (χ4v) is 0.572. The first kappa shape index (κ1) is 7.69. The van der Waals surface area contributed by atoms with Gasteiger partial charge in [-0.1, -0.05) is 6.92 Å². The first-order chi connectivity index (χ1) is 3.72. The highest BCUT2D eigenvalue weighted by molar-refractivity contribution is 7.96. The van der Waals surface area contributed by atoms with Crippen LogP contribution in [0.4, 0.5) is 0 Å². The van der Waals surface area contributed by atoms with E-state index in [4.69, 9.17) is 0 Å². The van der Waals surface area contributed by atoms with Gasteiger partial charge in [-0.05, 0) is 6.42 Å². The van der Waals surface area contributed by atoms with Crippen LogP contribution in [0.3, 0.4) is 0 Å². The van der Waals surface area contributed by atoms with Crippen LogP contribution in [0.1, 0.15) is 13.3 Å². The lowest BCUT2D eigenvalue weighted by atomic mass is 10.1. The monoisotopic (exact) mass is 132 g/mol. The zero-order chi connectivity index (χ0) is 6.57. The van der Waals surface area contributed by atoms with Gasteiger partial charge >= 0.3 is 0 Å². The maximum atomic E-state index is 10.2. The molecule has 0 aromatic carbocycles. The molecule has 0 radical (unpaired) electrons. The van der Waals surface area contributed by atoms with Gasteiger partial charge < -0.3 is 4.79 Å². The summed E-state index contributed by atoms with van der Waals surface area (Å²) in [6, 6.07) is 0. The van der Waals surface area contributed by atoms with Gasteiger partial charge in [-0.15, -0.1) is 12.6 Å². The molecule has 0 heterocycles. The number of aldehydes is 1. The molecule has 8 heavy (non-hydrogen) atoms. The van der Waals surface area contributed by atoms with Crippen LogP contribution in [0.25, 0.3) is 0 Å². The maximum absolute atomic E-state index is 10.2. The Kier molecular flexibility index (Phi) is 3.52. The molecule has 0 spiro atoms. The van der Waals surface area contributed by atoms with Crippen molar-refractivity contribution in [1.29, 1.82) is 0 Å². The van der Waals surface area contributed by atoms with E-state index >= 15 is 0 Å². The molecule has 2 nitrogen and oxygen atoms in total. The van der Waals surface area contributed by atoms with Gasteiger partial charge in [0.05, 0.1) is 5.92 Å². The number of carbonyl (C=O) groups excluding carboxylic acids is 2. The number of thiol groups is 1. The molecular weight excluding hydrogens is 124 g/mol. The summed E-state index contributed by atoms with van der Waals surface area (Å²) in [4.78, 5) is 20.1. The molecule has 1 atom stereocenters. The van der Waals surface area contributed by atoms with E-state index in [1.165, 1.54) is 0 Å². The van der Waals surface area contributed by atoms with Crippen molar-refractivity contribution in [2.45, 2.75) is 13.3 Å². The van der Waals surface area contributed by atoms with Crippen LogP contribution >= 0.6 is 12.6 Å². The van der Waals surface area contributed by atoms with Crippen molar-refractivity contribution in [3.8, 4) is 0 Å². The van der Waals surface area contributed by atoms with Crippen LogP contribution in [0, 0.1) is 5.92 Å². The first-order valence-corrected chi connectivity index (χ1v) is 2.85. The van der Waals surface area contributed by atoms with Crippen LogP contribution in [-0.2, 0) is 9.59 Å². The Morgan fingerprint density at radius 1 is 1.88 bits per heavy atom. The Bertz CT molecular complexity index is 101. The molecular formula is C5H8O2S. The molecule has 3 heteroatoms. The number of carbonyl (C=O) groups is 2. The molecule has 0 saturated heterocycles. The molecule has 0 fully saturated rings. The summed E-state index contributed by atoms with van der Waals surface area (Å²) in [6.45, 7) is 1.77. The lowest BCUT2D eigenvalue weighted by molar-refractivity contribution is -0.121. The van der Waals surface area contributed by atoms with E-state index in [1.54, 1.807) is 6.92 Å². The fourth-order valence-electron chi connectivity index (χ4n) is 0.329. The average molecular weight is 132 g/mol. The number of hydrogen-bond acceptors (Lipinski definition) is 2. The van der Waals surface area contributed by atoms with E-state index < -0.39 is 5.92 Å². The van der Waals surface area contributed by atoms with Crippen molar-refractivity contribution < 1.29 is 9.59 Å². The number of rotatable bonds is 3. The van der Waals surface area contributed by atoms with Crippen LogP contribution < -0.4 is 0 Å². The van der Waals surface area contributed by atoms with Crippen molar-refractivity contribution in [3.05, 3.63) is 0 Å². The molecule has 0 N–H and O–H groups in total. The molecule has 0 bridgehead atoms. The summed E-state index contributed by atoms with van der Waals surface area (Å²) in [6.07, 6.45) is 1.17. The van der Waals surface area contributed by atoms with Crippen molar-refractivity contribution in [1.82, 2.24) is 0 Å². The third-order valence-electron chi connectivity index (χ3n) is 0.921. The van der Waals surface area contributed by atoms with E-state index in [1.807, 2.05) is 0 Å². The predicted molar refractivity (Wildman–Crippen MR) is 33.8 cm³/mol. The van der Waals surface area contributed by atoms with Crippen LogP contribution in [0.5, 0.6) is 0 Å². The quantitative estimate of drug-likeness (QED) is 0.348. The van der Waals surface area contributed by atoms with Crippen molar-refractivity contribution in [2.75, 3.05) is 0 Å². The Balaban J connectivity index is 3.69. The van der Waals surface area contributed by atoms with E-state index in [0.29, 0.717) is 12.7 Å². The van der Waals surface area contributed by atoms with E-state index in [9.17, 15) is 9.59 Å².